The summed E-state index contributed by atoms with van der Waals surface area (Å²) >= 11 is 0. The first kappa shape index (κ1) is 17.3. The van der Waals surface area contributed by atoms with Crippen LogP contribution in [0.2, 0.25) is 0 Å². The third-order valence-electron chi connectivity index (χ3n) is 4.16. The summed E-state index contributed by atoms with van der Waals surface area (Å²) in [5, 5.41) is 11.1. The van der Waals surface area contributed by atoms with Crippen LogP contribution in [0.3, 0.4) is 0 Å². The number of sulfonamides is 1. The quantitative estimate of drug-likeness (QED) is 0.608. The van der Waals surface area contributed by atoms with E-state index in [0.717, 1.165) is 5.56 Å². The summed E-state index contributed by atoms with van der Waals surface area (Å²) in [6.45, 7) is 3.11. The highest BCUT2D eigenvalue weighted by molar-refractivity contribution is 7.89. The normalized spacial score (nSPS) is 16.0. The number of nitro groups is 1. The second-order valence-corrected chi connectivity index (χ2v) is 7.75. The standard InChI is InChI=1S/C16H18N4O4S/c1-13-4-6-14(7-5-13)25(23,24)19-11-9-18(10-12-19)16-15(20(21)22)3-2-8-17-16/h2-8H,9-12H2,1H3. The maximum atomic E-state index is 12.7. The largest absolute Gasteiger partial charge is 0.348 e. The Morgan fingerprint density at radius 2 is 1.72 bits per heavy atom. The zero-order valence-corrected chi connectivity index (χ0v) is 14.5. The van der Waals surface area contributed by atoms with E-state index < -0.39 is 14.9 Å². The van der Waals surface area contributed by atoms with Crippen LogP contribution in [0.15, 0.2) is 47.5 Å². The van der Waals surface area contributed by atoms with Gasteiger partial charge in [-0.15, -0.1) is 0 Å². The van der Waals surface area contributed by atoms with E-state index >= 15 is 0 Å². The number of rotatable bonds is 4. The van der Waals surface area contributed by atoms with Gasteiger partial charge < -0.3 is 4.90 Å². The Kier molecular flexibility index (Phi) is 4.69. The molecule has 8 nitrogen and oxygen atoms in total. The SMILES string of the molecule is Cc1ccc(S(=O)(=O)N2CCN(c3ncccc3[N+](=O)[O-])CC2)cc1. The summed E-state index contributed by atoms with van der Waals surface area (Å²) in [5.74, 6) is 0.278. The Morgan fingerprint density at radius 1 is 1.08 bits per heavy atom. The second kappa shape index (κ2) is 6.77. The van der Waals surface area contributed by atoms with Crippen molar-refractivity contribution in [3.63, 3.8) is 0 Å². The van der Waals surface area contributed by atoms with Crippen LogP contribution in [0.5, 0.6) is 0 Å². The van der Waals surface area contributed by atoms with E-state index in [-0.39, 0.29) is 29.5 Å². The van der Waals surface area contributed by atoms with E-state index in [9.17, 15) is 18.5 Å². The molecule has 0 bridgehead atoms. The van der Waals surface area contributed by atoms with Gasteiger partial charge in [-0.05, 0) is 25.1 Å². The highest BCUT2D eigenvalue weighted by Gasteiger charge is 2.31. The summed E-state index contributed by atoms with van der Waals surface area (Å²) in [5.41, 5.74) is 0.920. The molecule has 2 aromatic rings. The lowest BCUT2D eigenvalue weighted by Crippen LogP contribution is -2.49. The number of aromatic nitrogens is 1. The zero-order chi connectivity index (χ0) is 18.0. The molecule has 1 aromatic heterocycles. The van der Waals surface area contributed by atoms with Gasteiger partial charge in [-0.25, -0.2) is 13.4 Å². The first-order chi connectivity index (χ1) is 11.9. The maximum absolute atomic E-state index is 12.7. The van der Waals surface area contributed by atoms with E-state index in [0.29, 0.717) is 13.1 Å². The number of hydrogen-bond acceptors (Lipinski definition) is 6. The lowest BCUT2D eigenvalue weighted by atomic mass is 10.2. The van der Waals surface area contributed by atoms with Crippen molar-refractivity contribution >= 4 is 21.5 Å². The van der Waals surface area contributed by atoms with Crippen LogP contribution in [-0.4, -0.2) is 48.8 Å². The van der Waals surface area contributed by atoms with Gasteiger partial charge in [0.25, 0.3) is 0 Å². The van der Waals surface area contributed by atoms with E-state index in [1.807, 2.05) is 6.92 Å². The van der Waals surface area contributed by atoms with Crippen LogP contribution in [-0.2, 0) is 10.0 Å². The van der Waals surface area contributed by atoms with Crippen molar-refractivity contribution in [1.82, 2.24) is 9.29 Å². The number of piperazine rings is 1. The Morgan fingerprint density at radius 3 is 2.32 bits per heavy atom. The minimum Gasteiger partial charge on any atom is -0.348 e. The van der Waals surface area contributed by atoms with Crippen LogP contribution < -0.4 is 4.90 Å². The van der Waals surface area contributed by atoms with Crippen LogP contribution in [0.4, 0.5) is 11.5 Å². The van der Waals surface area contributed by atoms with Gasteiger partial charge in [0.2, 0.25) is 15.8 Å². The average Bonchev–Trinajstić information content (AvgIpc) is 2.62. The highest BCUT2D eigenvalue weighted by atomic mass is 32.2. The maximum Gasteiger partial charge on any atom is 0.311 e. The first-order valence-corrected chi connectivity index (χ1v) is 9.25. The number of pyridine rings is 1. The summed E-state index contributed by atoms with van der Waals surface area (Å²) in [4.78, 5) is 16.8. The summed E-state index contributed by atoms with van der Waals surface area (Å²) < 4.78 is 26.8. The third-order valence-corrected chi connectivity index (χ3v) is 6.07. The number of nitrogens with zero attached hydrogens (tertiary/aromatic N) is 4. The monoisotopic (exact) mass is 362 g/mol. The van der Waals surface area contributed by atoms with Gasteiger partial charge in [-0.1, -0.05) is 17.7 Å². The van der Waals surface area contributed by atoms with Gasteiger partial charge in [0.1, 0.15) is 0 Å². The van der Waals surface area contributed by atoms with Gasteiger partial charge >= 0.3 is 5.69 Å². The molecule has 1 aliphatic rings. The van der Waals surface area contributed by atoms with Gasteiger partial charge in [-0.2, -0.15) is 4.31 Å². The third kappa shape index (κ3) is 3.47. The van der Waals surface area contributed by atoms with Gasteiger partial charge in [0, 0.05) is 38.4 Å². The van der Waals surface area contributed by atoms with Crippen LogP contribution in [0.1, 0.15) is 5.56 Å². The molecule has 0 spiro atoms. The molecule has 132 valence electrons. The minimum atomic E-state index is -3.56. The molecule has 0 radical (unpaired) electrons. The van der Waals surface area contributed by atoms with Gasteiger partial charge in [-0.3, -0.25) is 10.1 Å². The van der Waals surface area contributed by atoms with Crippen molar-refractivity contribution in [2.24, 2.45) is 0 Å². The molecule has 0 aliphatic carbocycles. The molecule has 3 rings (SSSR count). The van der Waals surface area contributed by atoms with Crippen LogP contribution >= 0.6 is 0 Å². The number of benzene rings is 1. The predicted octanol–water partition coefficient (Wildman–Crippen LogP) is 1.81. The van der Waals surface area contributed by atoms with Crippen LogP contribution in [0, 0.1) is 17.0 Å². The molecule has 2 heterocycles. The lowest BCUT2D eigenvalue weighted by molar-refractivity contribution is -0.384. The summed E-state index contributed by atoms with van der Waals surface area (Å²) in [6, 6.07) is 9.64. The molecule has 1 aromatic carbocycles. The van der Waals surface area contributed by atoms with Gasteiger partial charge in [0.05, 0.1) is 9.82 Å². The minimum absolute atomic E-state index is 0.0719. The fourth-order valence-electron chi connectivity index (χ4n) is 2.77. The Hall–Kier alpha value is -2.52. The summed E-state index contributed by atoms with van der Waals surface area (Å²) in [6.07, 6.45) is 1.50. The van der Waals surface area contributed by atoms with Crippen molar-refractivity contribution in [2.75, 3.05) is 31.1 Å². The van der Waals surface area contributed by atoms with E-state index in [4.69, 9.17) is 0 Å². The van der Waals surface area contributed by atoms with Crippen molar-refractivity contribution < 1.29 is 13.3 Å². The highest BCUT2D eigenvalue weighted by Crippen LogP contribution is 2.27. The smallest absolute Gasteiger partial charge is 0.311 e. The molecule has 0 amide bonds. The second-order valence-electron chi connectivity index (χ2n) is 5.81. The molecule has 9 heteroatoms. The van der Waals surface area contributed by atoms with Crippen molar-refractivity contribution in [1.29, 1.82) is 0 Å². The molecular weight excluding hydrogens is 344 g/mol. The predicted molar refractivity (Wildman–Crippen MR) is 93.0 cm³/mol. The molecule has 0 unspecified atom stereocenters. The number of aryl methyl sites for hydroxylation is 1. The van der Waals surface area contributed by atoms with E-state index in [1.165, 1.54) is 22.6 Å². The van der Waals surface area contributed by atoms with Crippen molar-refractivity contribution in [3.05, 3.63) is 58.3 Å². The molecule has 0 N–H and O–H groups in total. The average molecular weight is 362 g/mol. The Bertz CT molecular complexity index is 875. The van der Waals surface area contributed by atoms with E-state index in [2.05, 4.69) is 4.98 Å². The molecule has 0 atom stereocenters. The van der Waals surface area contributed by atoms with Crippen molar-refractivity contribution in [2.45, 2.75) is 11.8 Å². The molecular formula is C16H18N4O4S. The van der Waals surface area contributed by atoms with E-state index in [1.54, 1.807) is 29.2 Å². The fraction of sp³-hybridized carbons (Fsp3) is 0.312. The fourth-order valence-corrected chi connectivity index (χ4v) is 4.20. The molecule has 0 saturated carbocycles. The Labute approximate surface area is 145 Å². The van der Waals surface area contributed by atoms with Crippen LogP contribution in [0.25, 0.3) is 0 Å². The number of anilines is 1. The Balaban J connectivity index is 1.76. The molecule has 25 heavy (non-hydrogen) atoms. The van der Waals surface area contributed by atoms with Gasteiger partial charge in [0.15, 0.2) is 0 Å². The molecule has 1 fully saturated rings. The summed E-state index contributed by atoms with van der Waals surface area (Å²) in [7, 11) is -3.56. The number of hydrogen-bond donors (Lipinski definition) is 0. The first-order valence-electron chi connectivity index (χ1n) is 7.81. The lowest BCUT2D eigenvalue weighted by Gasteiger charge is -2.34. The molecule has 1 saturated heterocycles. The zero-order valence-electron chi connectivity index (χ0n) is 13.7. The molecule has 1 aliphatic heterocycles. The topological polar surface area (TPSA) is 96.7 Å². The van der Waals surface area contributed by atoms with Crippen molar-refractivity contribution in [3.8, 4) is 0 Å².